The highest BCUT2D eigenvalue weighted by atomic mass is 32.2. The van der Waals surface area contributed by atoms with Gasteiger partial charge in [0.05, 0.1) is 5.75 Å². The molecule has 0 radical (unpaired) electrons. The van der Waals surface area contributed by atoms with Gasteiger partial charge in [-0.25, -0.2) is 8.42 Å². The van der Waals surface area contributed by atoms with Crippen molar-refractivity contribution in [2.75, 3.05) is 25.1 Å². The van der Waals surface area contributed by atoms with Crippen LogP contribution in [0.3, 0.4) is 0 Å². The predicted molar refractivity (Wildman–Crippen MR) is 96.5 cm³/mol. The number of hydrogen-bond acceptors (Lipinski definition) is 3. The molecule has 0 saturated heterocycles. The van der Waals surface area contributed by atoms with Crippen molar-refractivity contribution >= 4 is 15.8 Å². The molecule has 0 amide bonds. The van der Waals surface area contributed by atoms with Gasteiger partial charge in [-0.2, -0.15) is 0 Å². The van der Waals surface area contributed by atoms with Gasteiger partial charge in [0, 0.05) is 25.4 Å². The fourth-order valence-electron chi connectivity index (χ4n) is 4.09. The summed E-state index contributed by atoms with van der Waals surface area (Å²) < 4.78 is 22.5. The number of sulfone groups is 1. The molecule has 2 fully saturated rings. The third-order valence-corrected chi connectivity index (χ3v) is 6.28. The summed E-state index contributed by atoms with van der Waals surface area (Å²) in [7, 11) is -2.90. The molecule has 5 nitrogen and oxygen atoms in total. The summed E-state index contributed by atoms with van der Waals surface area (Å²) in [6, 6.07) is 0.102. The minimum atomic E-state index is -2.90. The van der Waals surface area contributed by atoms with Gasteiger partial charge in [-0.05, 0) is 63.7 Å². The van der Waals surface area contributed by atoms with Crippen LogP contribution in [0.4, 0.5) is 0 Å². The highest BCUT2D eigenvalue weighted by Gasteiger charge is 2.38. The Bertz CT molecular complexity index is 504. The molecule has 2 rings (SSSR count). The SMILES string of the molecule is CCNC(=NCCC1CC2CCC1C2)NC(C)CCS(C)(=O)=O. The molecule has 6 heteroatoms. The van der Waals surface area contributed by atoms with E-state index in [0.717, 1.165) is 36.8 Å². The molecule has 0 spiro atoms. The Labute approximate surface area is 141 Å². The summed E-state index contributed by atoms with van der Waals surface area (Å²) in [5.41, 5.74) is 0. The Morgan fingerprint density at radius 3 is 2.65 bits per heavy atom. The minimum absolute atomic E-state index is 0.102. The monoisotopic (exact) mass is 343 g/mol. The van der Waals surface area contributed by atoms with Gasteiger partial charge in [-0.15, -0.1) is 0 Å². The fraction of sp³-hybridized carbons (Fsp3) is 0.941. The van der Waals surface area contributed by atoms with Crippen LogP contribution in [-0.4, -0.2) is 45.5 Å². The maximum absolute atomic E-state index is 11.3. The van der Waals surface area contributed by atoms with Crippen LogP contribution in [0.25, 0.3) is 0 Å². The molecular weight excluding hydrogens is 310 g/mol. The number of hydrogen-bond donors (Lipinski definition) is 2. The fourth-order valence-corrected chi connectivity index (χ4v) is 4.87. The molecule has 2 bridgehead atoms. The van der Waals surface area contributed by atoms with E-state index in [0.29, 0.717) is 6.42 Å². The molecule has 0 aliphatic heterocycles. The normalized spacial score (nSPS) is 28.8. The summed E-state index contributed by atoms with van der Waals surface area (Å²) in [5, 5.41) is 6.58. The average Bonchev–Trinajstić information content (AvgIpc) is 3.07. The Hall–Kier alpha value is -0.780. The maximum Gasteiger partial charge on any atom is 0.191 e. The summed E-state index contributed by atoms with van der Waals surface area (Å²) in [4.78, 5) is 4.69. The molecule has 0 aromatic rings. The van der Waals surface area contributed by atoms with Crippen LogP contribution in [0, 0.1) is 17.8 Å². The van der Waals surface area contributed by atoms with Gasteiger partial charge >= 0.3 is 0 Å². The van der Waals surface area contributed by atoms with Crippen molar-refractivity contribution in [3.8, 4) is 0 Å². The van der Waals surface area contributed by atoms with Crippen molar-refractivity contribution < 1.29 is 8.42 Å². The predicted octanol–water partition coefficient (Wildman–Crippen LogP) is 2.19. The third-order valence-electron chi connectivity index (χ3n) is 5.30. The first-order chi connectivity index (χ1) is 10.9. The van der Waals surface area contributed by atoms with Crippen LogP contribution in [0.5, 0.6) is 0 Å². The topological polar surface area (TPSA) is 70.6 Å². The maximum atomic E-state index is 11.3. The van der Waals surface area contributed by atoms with Crippen molar-refractivity contribution in [2.45, 2.75) is 58.4 Å². The van der Waals surface area contributed by atoms with Gasteiger partial charge in [-0.3, -0.25) is 4.99 Å². The zero-order valence-corrected chi connectivity index (χ0v) is 15.7. The van der Waals surface area contributed by atoms with Gasteiger partial charge in [0.1, 0.15) is 9.84 Å². The molecule has 23 heavy (non-hydrogen) atoms. The smallest absolute Gasteiger partial charge is 0.191 e. The van der Waals surface area contributed by atoms with E-state index in [1.165, 1.54) is 38.4 Å². The molecule has 2 saturated carbocycles. The van der Waals surface area contributed by atoms with Crippen LogP contribution in [0.2, 0.25) is 0 Å². The van der Waals surface area contributed by atoms with Crippen LogP contribution < -0.4 is 10.6 Å². The first kappa shape index (κ1) is 18.6. The molecule has 2 aliphatic carbocycles. The third kappa shape index (κ3) is 6.32. The molecule has 0 aromatic carbocycles. The van der Waals surface area contributed by atoms with E-state index < -0.39 is 9.84 Å². The Balaban J connectivity index is 1.75. The average molecular weight is 344 g/mol. The van der Waals surface area contributed by atoms with Gasteiger partial charge in [0.2, 0.25) is 0 Å². The minimum Gasteiger partial charge on any atom is -0.357 e. The standard InChI is InChI=1S/C17H33N3O2S/c1-4-18-17(20-13(2)8-10-23(3,21)22)19-9-7-16-12-14-5-6-15(16)11-14/h13-16H,4-12H2,1-3H3,(H2,18,19,20). The van der Waals surface area contributed by atoms with Crippen molar-refractivity contribution in [3.05, 3.63) is 0 Å². The Morgan fingerprint density at radius 2 is 2.09 bits per heavy atom. The molecular formula is C17H33N3O2S. The zero-order valence-electron chi connectivity index (χ0n) is 14.8. The second-order valence-corrected chi connectivity index (χ2v) is 9.71. The Kier molecular flexibility index (Phi) is 6.74. The summed E-state index contributed by atoms with van der Waals surface area (Å²) >= 11 is 0. The lowest BCUT2D eigenvalue weighted by Crippen LogP contribution is -2.43. The first-order valence-corrected chi connectivity index (χ1v) is 11.2. The van der Waals surface area contributed by atoms with Gasteiger partial charge in [-0.1, -0.05) is 6.42 Å². The van der Waals surface area contributed by atoms with Crippen molar-refractivity contribution in [1.29, 1.82) is 0 Å². The van der Waals surface area contributed by atoms with Crippen molar-refractivity contribution in [1.82, 2.24) is 10.6 Å². The van der Waals surface area contributed by atoms with Crippen LogP contribution in [0.15, 0.2) is 4.99 Å². The second kappa shape index (κ2) is 8.36. The molecule has 4 unspecified atom stereocenters. The van der Waals surface area contributed by atoms with Gasteiger partial charge in [0.25, 0.3) is 0 Å². The van der Waals surface area contributed by atoms with E-state index in [1.807, 2.05) is 13.8 Å². The number of aliphatic imine (C=N–C) groups is 1. The highest BCUT2D eigenvalue weighted by molar-refractivity contribution is 7.90. The van der Waals surface area contributed by atoms with E-state index in [1.54, 1.807) is 0 Å². The van der Waals surface area contributed by atoms with Gasteiger partial charge < -0.3 is 10.6 Å². The number of fused-ring (bicyclic) bond motifs is 2. The van der Waals surface area contributed by atoms with Gasteiger partial charge in [0.15, 0.2) is 5.96 Å². The van der Waals surface area contributed by atoms with Crippen LogP contribution in [0.1, 0.15) is 52.4 Å². The lowest BCUT2D eigenvalue weighted by molar-refractivity contribution is 0.318. The zero-order chi connectivity index (χ0) is 16.9. The quantitative estimate of drug-likeness (QED) is 0.523. The van der Waals surface area contributed by atoms with E-state index in [4.69, 9.17) is 0 Å². The van der Waals surface area contributed by atoms with E-state index >= 15 is 0 Å². The molecule has 2 N–H and O–H groups in total. The summed E-state index contributed by atoms with van der Waals surface area (Å²) in [5.74, 6) is 3.86. The lowest BCUT2D eigenvalue weighted by atomic mass is 9.86. The van der Waals surface area contributed by atoms with E-state index in [-0.39, 0.29) is 11.8 Å². The molecule has 2 aliphatic rings. The molecule has 0 heterocycles. The lowest BCUT2D eigenvalue weighted by Gasteiger charge is -2.21. The van der Waals surface area contributed by atoms with Crippen LogP contribution >= 0.6 is 0 Å². The summed E-state index contributed by atoms with van der Waals surface area (Å²) in [6.45, 7) is 5.74. The molecule has 0 aromatic heterocycles. The Morgan fingerprint density at radius 1 is 1.30 bits per heavy atom. The number of nitrogens with zero attached hydrogens (tertiary/aromatic N) is 1. The van der Waals surface area contributed by atoms with E-state index in [2.05, 4.69) is 15.6 Å². The largest absolute Gasteiger partial charge is 0.357 e. The molecule has 134 valence electrons. The molecule has 4 atom stereocenters. The number of nitrogens with one attached hydrogen (secondary N) is 2. The van der Waals surface area contributed by atoms with E-state index in [9.17, 15) is 8.42 Å². The highest BCUT2D eigenvalue weighted by Crippen LogP contribution is 2.49. The first-order valence-electron chi connectivity index (χ1n) is 9.10. The van der Waals surface area contributed by atoms with Crippen molar-refractivity contribution in [3.63, 3.8) is 0 Å². The number of guanidine groups is 1. The number of rotatable bonds is 8. The second-order valence-electron chi connectivity index (χ2n) is 7.45. The van der Waals surface area contributed by atoms with Crippen LogP contribution in [-0.2, 0) is 9.84 Å². The van der Waals surface area contributed by atoms with Crippen molar-refractivity contribution in [2.24, 2.45) is 22.7 Å². The summed E-state index contributed by atoms with van der Waals surface area (Å²) in [6.07, 6.45) is 8.83.